The minimum Gasteiger partial charge on any atom is -0.486 e. The molecule has 0 aromatic heterocycles. The van der Waals surface area contributed by atoms with E-state index in [0.717, 1.165) is 40.3 Å². The molecule has 4 N–H and O–H groups in total. The van der Waals surface area contributed by atoms with Gasteiger partial charge >= 0.3 is 6.18 Å². The molecular formula is C27H26ClF3N4O2. The van der Waals surface area contributed by atoms with E-state index in [4.69, 9.17) is 16.3 Å². The van der Waals surface area contributed by atoms with Crippen molar-refractivity contribution in [3.8, 4) is 5.75 Å². The van der Waals surface area contributed by atoms with Gasteiger partial charge in [0.05, 0.1) is 33.2 Å². The third-order valence-corrected chi connectivity index (χ3v) is 6.66. The SMILES string of the molecule is Cc1ccc(NC2Nc3cc(C(=O)NCc4ccc(C(F)(F)F)cc4)c4c(c3N2)CC(C)(C)O4)c(Cl)c1. The number of nitrogens with one attached hydrogen (secondary N) is 4. The molecule has 2 heterocycles. The maximum atomic E-state index is 13.2. The molecule has 0 aliphatic carbocycles. The Kier molecular flexibility index (Phi) is 6.14. The normalized spacial score (nSPS) is 17.2. The van der Waals surface area contributed by atoms with Crippen LogP contribution in [0.4, 0.5) is 30.2 Å². The van der Waals surface area contributed by atoms with E-state index < -0.39 is 17.3 Å². The average Bonchev–Trinajstić information content (AvgIpc) is 3.37. The van der Waals surface area contributed by atoms with Crippen molar-refractivity contribution in [1.82, 2.24) is 5.32 Å². The fraction of sp³-hybridized carbons (Fsp3) is 0.296. The van der Waals surface area contributed by atoms with Crippen LogP contribution in [-0.2, 0) is 19.1 Å². The molecule has 10 heteroatoms. The van der Waals surface area contributed by atoms with Gasteiger partial charge in [0.25, 0.3) is 5.91 Å². The maximum Gasteiger partial charge on any atom is 0.416 e. The summed E-state index contributed by atoms with van der Waals surface area (Å²) in [5, 5.41) is 13.5. The number of benzene rings is 3. The molecule has 0 saturated heterocycles. The van der Waals surface area contributed by atoms with Crippen molar-refractivity contribution >= 4 is 34.6 Å². The van der Waals surface area contributed by atoms with Gasteiger partial charge in [0.15, 0.2) is 6.29 Å². The predicted molar refractivity (Wildman–Crippen MR) is 138 cm³/mol. The van der Waals surface area contributed by atoms with E-state index in [9.17, 15) is 18.0 Å². The summed E-state index contributed by atoms with van der Waals surface area (Å²) in [6.45, 7) is 5.95. The number of rotatable bonds is 5. The second-order valence-electron chi connectivity index (χ2n) is 9.92. The number of hydrogen-bond donors (Lipinski definition) is 4. The molecule has 3 aromatic rings. The van der Waals surface area contributed by atoms with Gasteiger partial charge in [0.1, 0.15) is 11.4 Å². The Balaban J connectivity index is 1.36. The lowest BCUT2D eigenvalue weighted by Gasteiger charge is -2.18. The van der Waals surface area contributed by atoms with Crippen LogP contribution in [0, 0.1) is 6.92 Å². The van der Waals surface area contributed by atoms with Gasteiger partial charge in [-0.05, 0) is 62.2 Å². The molecule has 1 amide bonds. The molecule has 0 radical (unpaired) electrons. The maximum absolute atomic E-state index is 13.2. The highest BCUT2D eigenvalue weighted by Gasteiger charge is 2.39. The fourth-order valence-corrected chi connectivity index (χ4v) is 4.87. The fourth-order valence-electron chi connectivity index (χ4n) is 4.58. The van der Waals surface area contributed by atoms with Crippen LogP contribution in [0.1, 0.15) is 46.5 Å². The lowest BCUT2D eigenvalue weighted by atomic mass is 9.97. The number of carbonyl (C=O) groups is 1. The molecular weight excluding hydrogens is 505 g/mol. The second kappa shape index (κ2) is 9.06. The lowest BCUT2D eigenvalue weighted by Crippen LogP contribution is -2.31. The first-order chi connectivity index (χ1) is 17.4. The summed E-state index contributed by atoms with van der Waals surface area (Å²) in [6.07, 6.45) is -4.18. The molecule has 3 aromatic carbocycles. The average molecular weight is 531 g/mol. The van der Waals surface area contributed by atoms with E-state index >= 15 is 0 Å². The Morgan fingerprint density at radius 2 is 1.86 bits per heavy atom. The van der Waals surface area contributed by atoms with Crippen LogP contribution < -0.4 is 26.0 Å². The number of ether oxygens (including phenoxy) is 1. The number of carbonyl (C=O) groups excluding carboxylic acids is 1. The summed E-state index contributed by atoms with van der Waals surface area (Å²) in [5.41, 5.74) is 3.95. The molecule has 37 heavy (non-hydrogen) atoms. The van der Waals surface area contributed by atoms with E-state index in [-0.39, 0.29) is 18.7 Å². The topological polar surface area (TPSA) is 74.4 Å². The zero-order chi connectivity index (χ0) is 26.5. The third kappa shape index (κ3) is 5.13. The molecule has 0 spiro atoms. The van der Waals surface area contributed by atoms with Crippen LogP contribution in [0.3, 0.4) is 0 Å². The summed E-state index contributed by atoms with van der Waals surface area (Å²) in [7, 11) is 0. The van der Waals surface area contributed by atoms with Crippen molar-refractivity contribution in [1.29, 1.82) is 0 Å². The molecule has 2 aliphatic rings. The van der Waals surface area contributed by atoms with Gasteiger partial charge in [0, 0.05) is 18.5 Å². The van der Waals surface area contributed by atoms with E-state index in [0.29, 0.717) is 28.3 Å². The smallest absolute Gasteiger partial charge is 0.416 e. The highest BCUT2D eigenvalue weighted by Crippen LogP contribution is 2.48. The van der Waals surface area contributed by atoms with Gasteiger partial charge < -0.3 is 26.0 Å². The van der Waals surface area contributed by atoms with Crippen LogP contribution in [0.2, 0.25) is 5.02 Å². The standard InChI is InChI=1S/C27H26ClF3N4O2/c1-14-4-9-20(19(28)10-14)33-25-34-21-11-17(23-18(22(21)35-25)12-26(2,3)37-23)24(36)32-13-15-5-7-16(8-6-15)27(29,30)31/h4-11,25,33-35H,12-13H2,1-3H3,(H,32,36). The Morgan fingerprint density at radius 1 is 1.14 bits per heavy atom. The van der Waals surface area contributed by atoms with Crippen molar-refractivity contribution in [2.75, 3.05) is 16.0 Å². The number of halogens is 4. The highest BCUT2D eigenvalue weighted by molar-refractivity contribution is 6.33. The minimum atomic E-state index is -4.41. The summed E-state index contributed by atoms with van der Waals surface area (Å²) in [6, 6.07) is 12.2. The highest BCUT2D eigenvalue weighted by atomic mass is 35.5. The predicted octanol–water partition coefficient (Wildman–Crippen LogP) is 6.54. The molecule has 2 aliphatic heterocycles. The lowest BCUT2D eigenvalue weighted by molar-refractivity contribution is -0.137. The molecule has 0 fully saturated rings. The van der Waals surface area contributed by atoms with E-state index in [1.165, 1.54) is 12.1 Å². The van der Waals surface area contributed by atoms with Gasteiger partial charge in [-0.3, -0.25) is 4.79 Å². The number of amides is 1. The molecule has 0 bridgehead atoms. The van der Waals surface area contributed by atoms with Gasteiger partial charge in [0.2, 0.25) is 0 Å². The number of hydrogen-bond acceptors (Lipinski definition) is 5. The Hall–Kier alpha value is -3.59. The third-order valence-electron chi connectivity index (χ3n) is 6.35. The van der Waals surface area contributed by atoms with Crippen molar-refractivity contribution in [3.05, 3.63) is 81.4 Å². The van der Waals surface area contributed by atoms with Crippen molar-refractivity contribution in [2.24, 2.45) is 0 Å². The van der Waals surface area contributed by atoms with E-state index in [2.05, 4.69) is 21.3 Å². The van der Waals surface area contributed by atoms with Crippen molar-refractivity contribution in [2.45, 2.75) is 51.8 Å². The van der Waals surface area contributed by atoms with Gasteiger partial charge in [-0.15, -0.1) is 0 Å². The molecule has 6 nitrogen and oxygen atoms in total. The Bertz CT molecular complexity index is 1370. The van der Waals surface area contributed by atoms with Crippen molar-refractivity contribution in [3.63, 3.8) is 0 Å². The number of alkyl halides is 3. The quantitative estimate of drug-likeness (QED) is 0.301. The second-order valence-corrected chi connectivity index (χ2v) is 10.3. The van der Waals surface area contributed by atoms with E-state index in [1.54, 1.807) is 6.07 Å². The van der Waals surface area contributed by atoms with Gasteiger partial charge in [-0.2, -0.15) is 13.2 Å². The number of aryl methyl sites for hydroxylation is 1. The van der Waals surface area contributed by atoms with Crippen LogP contribution >= 0.6 is 11.6 Å². The monoisotopic (exact) mass is 530 g/mol. The zero-order valence-electron chi connectivity index (χ0n) is 20.4. The number of fused-ring (bicyclic) bond motifs is 3. The molecule has 1 unspecified atom stereocenters. The summed E-state index contributed by atoms with van der Waals surface area (Å²) >= 11 is 6.39. The molecule has 5 rings (SSSR count). The first kappa shape index (κ1) is 25.1. The van der Waals surface area contributed by atoms with Crippen LogP contribution in [0.5, 0.6) is 5.75 Å². The summed E-state index contributed by atoms with van der Waals surface area (Å²) in [4.78, 5) is 13.2. The zero-order valence-corrected chi connectivity index (χ0v) is 21.2. The summed E-state index contributed by atoms with van der Waals surface area (Å²) in [5.74, 6) is 0.119. The van der Waals surface area contributed by atoms with Gasteiger partial charge in [-0.25, -0.2) is 0 Å². The van der Waals surface area contributed by atoms with Crippen LogP contribution in [-0.4, -0.2) is 17.8 Å². The number of anilines is 3. The van der Waals surface area contributed by atoms with Crippen molar-refractivity contribution < 1.29 is 22.7 Å². The Morgan fingerprint density at radius 3 is 2.54 bits per heavy atom. The largest absolute Gasteiger partial charge is 0.486 e. The molecule has 194 valence electrons. The van der Waals surface area contributed by atoms with E-state index in [1.807, 2.05) is 39.0 Å². The molecule has 0 saturated carbocycles. The van der Waals surface area contributed by atoms with Crippen LogP contribution in [0.25, 0.3) is 0 Å². The van der Waals surface area contributed by atoms with Gasteiger partial charge in [-0.1, -0.05) is 29.8 Å². The first-order valence-electron chi connectivity index (χ1n) is 11.8. The van der Waals surface area contributed by atoms with Crippen LogP contribution in [0.15, 0.2) is 48.5 Å². The molecule has 1 atom stereocenters. The minimum absolute atomic E-state index is 0.0774. The Labute approximate surface area is 217 Å². The summed E-state index contributed by atoms with van der Waals surface area (Å²) < 4.78 is 44.7. The first-order valence-corrected chi connectivity index (χ1v) is 12.2.